The average molecular weight is 435 g/mol. The van der Waals surface area contributed by atoms with Crippen molar-refractivity contribution in [2.24, 2.45) is 0 Å². The minimum Gasteiger partial charge on any atom is -0.336 e. The van der Waals surface area contributed by atoms with Crippen molar-refractivity contribution >= 4 is 34.3 Å². The Morgan fingerprint density at radius 3 is 2.59 bits per heavy atom. The molecule has 8 heteroatoms. The molecule has 0 atom stereocenters. The number of aromatic nitrogens is 3. The van der Waals surface area contributed by atoms with Gasteiger partial charge in [-0.15, -0.1) is 0 Å². The van der Waals surface area contributed by atoms with Gasteiger partial charge >= 0.3 is 6.03 Å². The van der Waals surface area contributed by atoms with E-state index in [0.717, 1.165) is 22.5 Å². The second kappa shape index (κ2) is 7.93. The van der Waals surface area contributed by atoms with E-state index in [1.165, 1.54) is 0 Å². The van der Waals surface area contributed by atoms with Crippen LogP contribution in [0.2, 0.25) is 0 Å². The van der Waals surface area contributed by atoms with Crippen molar-refractivity contribution in [3.8, 4) is 0 Å². The Kier molecular flexibility index (Phi) is 5.40. The Bertz CT molecular complexity index is 1210. The first kappa shape index (κ1) is 21.8. The monoisotopic (exact) mass is 434 g/mol. The summed E-state index contributed by atoms with van der Waals surface area (Å²) in [7, 11) is 0. The Morgan fingerprint density at radius 2 is 1.97 bits per heavy atom. The van der Waals surface area contributed by atoms with Gasteiger partial charge in [-0.05, 0) is 57.9 Å². The third kappa shape index (κ3) is 3.92. The van der Waals surface area contributed by atoms with Gasteiger partial charge in [0.05, 0.1) is 22.2 Å². The molecule has 0 saturated carbocycles. The van der Waals surface area contributed by atoms with Crippen molar-refractivity contribution in [1.82, 2.24) is 20.1 Å². The van der Waals surface area contributed by atoms with E-state index < -0.39 is 0 Å². The molecule has 0 bridgehead atoms. The minimum absolute atomic E-state index is 0.129. The first-order valence-electron chi connectivity index (χ1n) is 10.9. The van der Waals surface area contributed by atoms with Crippen LogP contribution in [0.5, 0.6) is 0 Å². The lowest BCUT2D eigenvalue weighted by atomic mass is 10.0. The van der Waals surface area contributed by atoms with Crippen LogP contribution in [0.25, 0.3) is 11.0 Å². The summed E-state index contributed by atoms with van der Waals surface area (Å²) >= 11 is 0. The predicted molar refractivity (Wildman–Crippen MR) is 126 cm³/mol. The maximum Gasteiger partial charge on any atom is 0.321 e. The third-order valence-corrected chi connectivity index (χ3v) is 5.58. The summed E-state index contributed by atoms with van der Waals surface area (Å²) in [6.45, 7) is 13.5. The maximum atomic E-state index is 13.4. The standard InChI is InChI=1S/C24H30N6O2/c1-14(2)19-13-18(20-15(3)28-30(21(20)27-19)24(4,5)6)22(31)26-16-8-7-9-17(12-16)29-11-10-25-23(29)32/h7-9,12-14H,10-11H2,1-6H3,(H,25,32)(H,26,31). The van der Waals surface area contributed by atoms with Crippen molar-refractivity contribution in [2.75, 3.05) is 23.3 Å². The zero-order chi connectivity index (χ0) is 23.2. The Balaban J connectivity index is 1.75. The zero-order valence-corrected chi connectivity index (χ0v) is 19.5. The number of hydrogen-bond acceptors (Lipinski definition) is 4. The highest BCUT2D eigenvalue weighted by Gasteiger charge is 2.26. The van der Waals surface area contributed by atoms with Crippen LogP contribution in [-0.2, 0) is 5.54 Å². The van der Waals surface area contributed by atoms with Gasteiger partial charge in [0.15, 0.2) is 5.65 Å². The topological polar surface area (TPSA) is 92.2 Å². The average Bonchev–Trinajstić information content (AvgIpc) is 3.30. The van der Waals surface area contributed by atoms with Crippen molar-refractivity contribution in [1.29, 1.82) is 0 Å². The van der Waals surface area contributed by atoms with E-state index in [-0.39, 0.29) is 23.4 Å². The van der Waals surface area contributed by atoms with Crippen LogP contribution in [0.4, 0.5) is 16.2 Å². The van der Waals surface area contributed by atoms with Crippen LogP contribution >= 0.6 is 0 Å². The van der Waals surface area contributed by atoms with Crippen LogP contribution in [-0.4, -0.2) is 39.8 Å². The van der Waals surface area contributed by atoms with Crippen molar-refractivity contribution < 1.29 is 9.59 Å². The SMILES string of the molecule is Cc1nn(C(C)(C)C)c2nc(C(C)C)cc(C(=O)Nc3cccc(N4CCNC4=O)c3)c12. The second-order valence-electron chi connectivity index (χ2n) is 9.50. The summed E-state index contributed by atoms with van der Waals surface area (Å²) in [4.78, 5) is 32.0. The summed E-state index contributed by atoms with van der Waals surface area (Å²) in [6, 6.07) is 9.07. The molecule has 3 heterocycles. The highest BCUT2D eigenvalue weighted by Crippen LogP contribution is 2.30. The molecule has 1 aliphatic rings. The normalized spacial score (nSPS) is 14.3. The molecule has 1 fully saturated rings. The van der Waals surface area contributed by atoms with E-state index in [2.05, 4.69) is 45.3 Å². The highest BCUT2D eigenvalue weighted by atomic mass is 16.2. The lowest BCUT2D eigenvalue weighted by molar-refractivity contribution is 0.102. The maximum absolute atomic E-state index is 13.4. The van der Waals surface area contributed by atoms with E-state index in [4.69, 9.17) is 10.1 Å². The van der Waals surface area contributed by atoms with Crippen LogP contribution in [0.1, 0.15) is 62.3 Å². The molecular formula is C24H30N6O2. The molecule has 1 aliphatic heterocycles. The van der Waals surface area contributed by atoms with Gasteiger partial charge in [0, 0.05) is 30.2 Å². The number of nitrogens with zero attached hydrogens (tertiary/aromatic N) is 4. The summed E-state index contributed by atoms with van der Waals surface area (Å²) < 4.78 is 1.90. The quantitative estimate of drug-likeness (QED) is 0.637. The first-order valence-corrected chi connectivity index (χ1v) is 10.9. The number of rotatable bonds is 4. The van der Waals surface area contributed by atoms with Crippen LogP contribution in [0.15, 0.2) is 30.3 Å². The van der Waals surface area contributed by atoms with E-state index in [1.54, 1.807) is 4.90 Å². The molecule has 2 aromatic heterocycles. The molecule has 0 spiro atoms. The van der Waals surface area contributed by atoms with Gasteiger partial charge in [0.1, 0.15) is 0 Å². The van der Waals surface area contributed by atoms with Crippen molar-refractivity contribution in [3.05, 3.63) is 47.3 Å². The number of nitrogens with one attached hydrogen (secondary N) is 2. The summed E-state index contributed by atoms with van der Waals surface area (Å²) in [6.07, 6.45) is 0. The van der Waals surface area contributed by atoms with E-state index in [0.29, 0.717) is 30.0 Å². The number of hydrogen-bond donors (Lipinski definition) is 2. The fourth-order valence-electron chi connectivity index (χ4n) is 3.92. The number of amides is 3. The van der Waals surface area contributed by atoms with Crippen LogP contribution in [0.3, 0.4) is 0 Å². The predicted octanol–water partition coefficient (Wildman–Crippen LogP) is 4.40. The number of aryl methyl sites for hydroxylation is 1. The molecule has 8 nitrogen and oxygen atoms in total. The highest BCUT2D eigenvalue weighted by molar-refractivity contribution is 6.13. The molecule has 32 heavy (non-hydrogen) atoms. The molecule has 4 rings (SSSR count). The van der Waals surface area contributed by atoms with E-state index >= 15 is 0 Å². The fourth-order valence-corrected chi connectivity index (χ4v) is 3.92. The minimum atomic E-state index is -0.270. The van der Waals surface area contributed by atoms with Crippen LogP contribution in [0, 0.1) is 6.92 Å². The Morgan fingerprint density at radius 1 is 1.22 bits per heavy atom. The first-order chi connectivity index (χ1) is 15.1. The number of benzene rings is 1. The Labute approximate surface area is 188 Å². The molecule has 3 amide bonds. The molecular weight excluding hydrogens is 404 g/mol. The summed E-state index contributed by atoms with van der Waals surface area (Å²) in [5, 5.41) is 11.3. The molecule has 2 N–H and O–H groups in total. The van der Waals surface area contributed by atoms with Crippen molar-refractivity contribution in [3.63, 3.8) is 0 Å². The van der Waals surface area contributed by atoms with Gasteiger partial charge in [0.2, 0.25) is 0 Å². The van der Waals surface area contributed by atoms with Gasteiger partial charge < -0.3 is 10.6 Å². The van der Waals surface area contributed by atoms with Gasteiger partial charge in [0.25, 0.3) is 5.91 Å². The lowest BCUT2D eigenvalue weighted by Gasteiger charge is -2.20. The summed E-state index contributed by atoms with van der Waals surface area (Å²) in [5.41, 5.74) is 3.99. The third-order valence-electron chi connectivity index (χ3n) is 5.58. The number of urea groups is 1. The number of carbonyl (C=O) groups excluding carboxylic acids is 2. The number of carbonyl (C=O) groups is 2. The fraction of sp³-hybridized carbons (Fsp3) is 0.417. The zero-order valence-electron chi connectivity index (χ0n) is 19.5. The molecule has 0 unspecified atom stereocenters. The number of fused-ring (bicyclic) bond motifs is 1. The molecule has 3 aromatic rings. The second-order valence-corrected chi connectivity index (χ2v) is 9.50. The molecule has 1 aromatic carbocycles. The van der Waals surface area contributed by atoms with Crippen molar-refractivity contribution in [2.45, 2.75) is 53.0 Å². The summed E-state index contributed by atoms with van der Waals surface area (Å²) in [5.74, 6) is -0.0644. The number of anilines is 2. The van der Waals surface area contributed by atoms with Gasteiger partial charge in [-0.3, -0.25) is 9.69 Å². The lowest BCUT2D eigenvalue weighted by Crippen LogP contribution is -2.27. The molecule has 0 aliphatic carbocycles. The smallest absolute Gasteiger partial charge is 0.321 e. The van der Waals surface area contributed by atoms with E-state index in [1.807, 2.05) is 41.9 Å². The van der Waals surface area contributed by atoms with Gasteiger partial charge in [-0.25, -0.2) is 14.5 Å². The number of pyridine rings is 1. The van der Waals surface area contributed by atoms with Gasteiger partial charge in [-0.2, -0.15) is 5.10 Å². The molecule has 0 radical (unpaired) electrons. The van der Waals surface area contributed by atoms with E-state index in [9.17, 15) is 9.59 Å². The Hall–Kier alpha value is -3.42. The largest absolute Gasteiger partial charge is 0.336 e. The van der Waals surface area contributed by atoms with Gasteiger partial charge in [-0.1, -0.05) is 19.9 Å². The van der Waals surface area contributed by atoms with Crippen LogP contribution < -0.4 is 15.5 Å². The molecule has 168 valence electrons. The molecule has 1 saturated heterocycles.